The van der Waals surface area contributed by atoms with Crippen LogP contribution in [-0.4, -0.2) is 16.8 Å². The lowest BCUT2D eigenvalue weighted by molar-refractivity contribution is 0.101. The van der Waals surface area contributed by atoms with E-state index in [1.54, 1.807) is 13.1 Å². The molecule has 0 saturated heterocycles. The molecule has 0 saturated carbocycles. The van der Waals surface area contributed by atoms with Crippen molar-refractivity contribution in [3.8, 4) is 0 Å². The van der Waals surface area contributed by atoms with Gasteiger partial charge in [0, 0.05) is 17.8 Å². The van der Waals surface area contributed by atoms with Crippen LogP contribution in [0.15, 0.2) is 18.3 Å². The highest BCUT2D eigenvalue weighted by molar-refractivity contribution is 5.93. The van der Waals surface area contributed by atoms with E-state index in [1.807, 2.05) is 12.1 Å². The van der Waals surface area contributed by atoms with Gasteiger partial charge in [-0.1, -0.05) is 13.8 Å². The number of anilines is 1. The number of carbonyl (C=O) groups is 1. The van der Waals surface area contributed by atoms with E-state index in [0.717, 1.165) is 18.2 Å². The minimum atomic E-state index is 0.0527. The van der Waals surface area contributed by atoms with Gasteiger partial charge in [-0.3, -0.25) is 4.79 Å². The van der Waals surface area contributed by atoms with Gasteiger partial charge in [0.05, 0.1) is 0 Å². The van der Waals surface area contributed by atoms with Crippen molar-refractivity contribution >= 4 is 11.6 Å². The number of rotatable bonds is 6. The van der Waals surface area contributed by atoms with E-state index in [2.05, 4.69) is 31.1 Å². The summed E-state index contributed by atoms with van der Waals surface area (Å²) < 4.78 is 0. The molecule has 3 heteroatoms. The lowest BCUT2D eigenvalue weighted by Gasteiger charge is -2.15. The molecule has 0 amide bonds. The normalized spacial score (nSPS) is 12.5. The number of nitrogens with zero attached hydrogens (tertiary/aromatic N) is 1. The molecular formula is C14H22N2O. The molecule has 1 N–H and O–H groups in total. The van der Waals surface area contributed by atoms with E-state index in [-0.39, 0.29) is 5.78 Å². The average Bonchev–Trinajstić information content (AvgIpc) is 2.27. The first-order valence-electron chi connectivity index (χ1n) is 6.22. The predicted molar refractivity (Wildman–Crippen MR) is 71.4 cm³/mol. The average molecular weight is 234 g/mol. The van der Waals surface area contributed by atoms with Crippen LogP contribution in [0.2, 0.25) is 0 Å². The van der Waals surface area contributed by atoms with E-state index in [4.69, 9.17) is 0 Å². The van der Waals surface area contributed by atoms with Gasteiger partial charge >= 0.3 is 0 Å². The number of Topliss-reactive ketones (excluding diaryl/α,β-unsaturated/α-hetero) is 1. The van der Waals surface area contributed by atoms with Gasteiger partial charge < -0.3 is 5.32 Å². The fourth-order valence-corrected chi connectivity index (χ4v) is 1.60. The second-order valence-corrected chi connectivity index (χ2v) is 5.00. The van der Waals surface area contributed by atoms with Gasteiger partial charge in [-0.25, -0.2) is 4.98 Å². The van der Waals surface area contributed by atoms with Crippen molar-refractivity contribution < 1.29 is 4.79 Å². The van der Waals surface area contributed by atoms with E-state index < -0.39 is 0 Å². The molecule has 0 fully saturated rings. The van der Waals surface area contributed by atoms with Crippen molar-refractivity contribution in [3.63, 3.8) is 0 Å². The zero-order valence-electron chi connectivity index (χ0n) is 11.2. The van der Waals surface area contributed by atoms with Crippen LogP contribution in [0.5, 0.6) is 0 Å². The molecule has 3 nitrogen and oxygen atoms in total. The minimum Gasteiger partial charge on any atom is -0.368 e. The number of hydrogen-bond acceptors (Lipinski definition) is 3. The summed E-state index contributed by atoms with van der Waals surface area (Å²) in [4.78, 5) is 15.3. The number of carbonyl (C=O) groups excluding carboxylic acids is 1. The van der Waals surface area contributed by atoms with Crippen LogP contribution in [-0.2, 0) is 0 Å². The number of hydrogen-bond donors (Lipinski definition) is 1. The largest absolute Gasteiger partial charge is 0.368 e. The topological polar surface area (TPSA) is 42.0 Å². The fourth-order valence-electron chi connectivity index (χ4n) is 1.60. The van der Waals surface area contributed by atoms with Gasteiger partial charge in [0.15, 0.2) is 5.78 Å². The quantitative estimate of drug-likeness (QED) is 0.766. The maximum Gasteiger partial charge on any atom is 0.161 e. The highest BCUT2D eigenvalue weighted by atomic mass is 16.1. The molecule has 1 aromatic rings. The second kappa shape index (κ2) is 6.38. The van der Waals surface area contributed by atoms with Crippen LogP contribution >= 0.6 is 0 Å². The molecule has 0 spiro atoms. The lowest BCUT2D eigenvalue weighted by Crippen LogP contribution is -2.16. The summed E-state index contributed by atoms with van der Waals surface area (Å²) in [6.07, 6.45) is 3.97. The Hall–Kier alpha value is -1.38. The van der Waals surface area contributed by atoms with Gasteiger partial charge in [-0.15, -0.1) is 0 Å². The van der Waals surface area contributed by atoms with Crippen LogP contribution in [0.4, 0.5) is 5.82 Å². The van der Waals surface area contributed by atoms with Gasteiger partial charge in [0.1, 0.15) is 5.82 Å². The van der Waals surface area contributed by atoms with Crippen molar-refractivity contribution in [3.05, 3.63) is 23.9 Å². The Kier molecular flexibility index (Phi) is 5.13. The number of aromatic nitrogens is 1. The van der Waals surface area contributed by atoms with Crippen LogP contribution in [0.25, 0.3) is 0 Å². The maximum absolute atomic E-state index is 11.1. The summed E-state index contributed by atoms with van der Waals surface area (Å²) in [6, 6.07) is 4.09. The maximum atomic E-state index is 11.1. The minimum absolute atomic E-state index is 0.0527. The van der Waals surface area contributed by atoms with Crippen molar-refractivity contribution in [1.82, 2.24) is 4.98 Å². The Labute approximate surface area is 104 Å². The Morgan fingerprint density at radius 1 is 1.29 bits per heavy atom. The van der Waals surface area contributed by atoms with Crippen molar-refractivity contribution in [2.24, 2.45) is 5.92 Å². The summed E-state index contributed by atoms with van der Waals surface area (Å²) in [6.45, 7) is 8.16. The summed E-state index contributed by atoms with van der Waals surface area (Å²) in [7, 11) is 0. The Bertz CT molecular complexity index is 357. The van der Waals surface area contributed by atoms with Crippen LogP contribution in [0, 0.1) is 5.92 Å². The first-order valence-corrected chi connectivity index (χ1v) is 6.22. The number of ketones is 1. The molecule has 1 atom stereocenters. The first-order chi connectivity index (χ1) is 7.99. The molecule has 0 aliphatic heterocycles. The van der Waals surface area contributed by atoms with E-state index in [9.17, 15) is 4.79 Å². The molecule has 0 aromatic carbocycles. The molecule has 0 aliphatic rings. The summed E-state index contributed by atoms with van der Waals surface area (Å²) in [5.41, 5.74) is 0.658. The Balaban J connectivity index is 2.48. The molecule has 1 heterocycles. The number of nitrogens with one attached hydrogen (secondary N) is 1. The third-order valence-electron chi connectivity index (χ3n) is 2.74. The summed E-state index contributed by atoms with van der Waals surface area (Å²) in [5, 5.41) is 3.34. The van der Waals surface area contributed by atoms with Crippen molar-refractivity contribution in [2.45, 2.75) is 46.6 Å². The van der Waals surface area contributed by atoms with E-state index >= 15 is 0 Å². The molecule has 17 heavy (non-hydrogen) atoms. The van der Waals surface area contributed by atoms with E-state index in [0.29, 0.717) is 11.6 Å². The Morgan fingerprint density at radius 3 is 2.47 bits per heavy atom. The molecule has 1 aromatic heterocycles. The molecule has 0 aliphatic carbocycles. The van der Waals surface area contributed by atoms with Crippen molar-refractivity contribution in [1.29, 1.82) is 0 Å². The summed E-state index contributed by atoms with van der Waals surface area (Å²) in [5.74, 6) is 1.62. The van der Waals surface area contributed by atoms with Gasteiger partial charge in [-0.2, -0.15) is 0 Å². The van der Waals surface area contributed by atoms with Crippen LogP contribution < -0.4 is 5.32 Å². The predicted octanol–water partition coefficient (Wildman–Crippen LogP) is 3.52. The monoisotopic (exact) mass is 234 g/mol. The van der Waals surface area contributed by atoms with E-state index in [1.165, 1.54) is 6.42 Å². The highest BCUT2D eigenvalue weighted by Crippen LogP contribution is 2.12. The molecule has 0 radical (unpaired) electrons. The van der Waals surface area contributed by atoms with Crippen LogP contribution in [0.3, 0.4) is 0 Å². The third kappa shape index (κ3) is 4.98. The SMILES string of the molecule is CC(=O)c1ccc(NC(C)CCC(C)C)nc1. The van der Waals surface area contributed by atoms with Crippen molar-refractivity contribution in [2.75, 3.05) is 5.32 Å². The molecule has 1 unspecified atom stereocenters. The summed E-state index contributed by atoms with van der Waals surface area (Å²) >= 11 is 0. The second-order valence-electron chi connectivity index (χ2n) is 5.00. The van der Waals surface area contributed by atoms with Gasteiger partial charge in [0.2, 0.25) is 0 Å². The van der Waals surface area contributed by atoms with Gasteiger partial charge in [0.25, 0.3) is 0 Å². The molecular weight excluding hydrogens is 212 g/mol. The standard InChI is InChI=1S/C14H22N2O/c1-10(2)5-6-11(3)16-14-8-7-13(9-15-14)12(4)17/h7-11H,5-6H2,1-4H3,(H,15,16). The fraction of sp³-hybridized carbons (Fsp3) is 0.571. The Morgan fingerprint density at radius 2 is 2.00 bits per heavy atom. The number of pyridine rings is 1. The first kappa shape index (κ1) is 13.7. The third-order valence-corrected chi connectivity index (χ3v) is 2.74. The smallest absolute Gasteiger partial charge is 0.161 e. The highest BCUT2D eigenvalue weighted by Gasteiger charge is 2.05. The molecule has 0 bridgehead atoms. The van der Waals surface area contributed by atoms with Gasteiger partial charge in [-0.05, 0) is 44.7 Å². The zero-order chi connectivity index (χ0) is 12.8. The zero-order valence-corrected chi connectivity index (χ0v) is 11.2. The molecule has 94 valence electrons. The lowest BCUT2D eigenvalue weighted by atomic mass is 10.0. The molecule has 1 rings (SSSR count). The van der Waals surface area contributed by atoms with Crippen LogP contribution in [0.1, 0.15) is 50.9 Å².